The number of likely N-dealkylation sites (tertiary alicyclic amines) is 1. The first-order chi connectivity index (χ1) is 6.29. The molecule has 1 aliphatic heterocycles. The fourth-order valence-electron chi connectivity index (χ4n) is 2.58. The number of hydrogen-bond acceptors (Lipinski definition) is 1. The molecule has 1 rings (SSSR count). The van der Waals surface area contributed by atoms with E-state index in [-0.39, 0.29) is 9.52 Å². The Kier molecular flexibility index (Phi) is 4.20. The van der Waals surface area contributed by atoms with Gasteiger partial charge in [-0.2, -0.15) is 0 Å². The highest BCUT2D eigenvalue weighted by Gasteiger charge is 2.33. The highest BCUT2D eigenvalue weighted by atomic mass is 28.2. The lowest BCUT2D eigenvalue weighted by atomic mass is 10.1. The normalized spacial score (nSPS) is 20.2. The molecule has 0 aliphatic carbocycles. The smallest absolute Gasteiger partial charge is 0.0681 e. The molecule has 0 aromatic carbocycles. The SMILES string of the molecule is C=C[SiH2]C(CC)(CC)N1CCCC1. The van der Waals surface area contributed by atoms with Crippen LogP contribution in [0.25, 0.3) is 0 Å². The highest BCUT2D eigenvalue weighted by molar-refractivity contribution is 6.46. The van der Waals surface area contributed by atoms with Crippen LogP contribution in [0.4, 0.5) is 0 Å². The Morgan fingerprint density at radius 2 is 1.85 bits per heavy atom. The molecule has 0 N–H and O–H groups in total. The van der Waals surface area contributed by atoms with Crippen molar-refractivity contribution in [2.24, 2.45) is 0 Å². The summed E-state index contributed by atoms with van der Waals surface area (Å²) < 4.78 is 0. The molecule has 0 aromatic heterocycles. The van der Waals surface area contributed by atoms with Crippen molar-refractivity contribution in [3.63, 3.8) is 0 Å². The van der Waals surface area contributed by atoms with E-state index in [2.05, 4.69) is 31.0 Å². The van der Waals surface area contributed by atoms with E-state index >= 15 is 0 Å². The largest absolute Gasteiger partial charge is 0.301 e. The fourth-order valence-corrected chi connectivity index (χ4v) is 4.26. The van der Waals surface area contributed by atoms with E-state index in [1.54, 1.807) is 0 Å². The van der Waals surface area contributed by atoms with Crippen molar-refractivity contribution in [3.05, 3.63) is 12.3 Å². The van der Waals surface area contributed by atoms with Gasteiger partial charge < -0.3 is 4.90 Å². The van der Waals surface area contributed by atoms with E-state index in [4.69, 9.17) is 0 Å². The molecule has 1 heterocycles. The Bertz CT molecular complexity index is 157. The van der Waals surface area contributed by atoms with E-state index in [9.17, 15) is 0 Å². The van der Waals surface area contributed by atoms with Gasteiger partial charge in [-0.1, -0.05) is 13.8 Å². The minimum atomic E-state index is -0.111. The second-order valence-corrected chi connectivity index (χ2v) is 6.42. The molecule has 0 unspecified atom stereocenters. The predicted octanol–water partition coefficient (Wildman–Crippen LogP) is 1.91. The molecule has 1 nitrogen and oxygen atoms in total. The third kappa shape index (κ3) is 2.23. The molecule has 76 valence electrons. The zero-order valence-corrected chi connectivity index (χ0v) is 10.6. The van der Waals surface area contributed by atoms with Crippen LogP contribution in [0.5, 0.6) is 0 Å². The topological polar surface area (TPSA) is 3.24 Å². The molecule has 0 saturated carbocycles. The number of hydrogen-bond donors (Lipinski definition) is 0. The molecule has 0 radical (unpaired) electrons. The molecular formula is C11H23NSi. The van der Waals surface area contributed by atoms with Crippen molar-refractivity contribution in [3.8, 4) is 0 Å². The van der Waals surface area contributed by atoms with Crippen molar-refractivity contribution in [1.29, 1.82) is 0 Å². The van der Waals surface area contributed by atoms with Gasteiger partial charge in [0.1, 0.15) is 0 Å². The molecular weight excluding hydrogens is 174 g/mol. The maximum Gasteiger partial charge on any atom is 0.0681 e. The quantitative estimate of drug-likeness (QED) is 0.609. The van der Waals surface area contributed by atoms with Gasteiger partial charge in [0.05, 0.1) is 9.52 Å². The summed E-state index contributed by atoms with van der Waals surface area (Å²) in [5.74, 6) is 0. The van der Waals surface area contributed by atoms with Gasteiger partial charge in [0.2, 0.25) is 0 Å². The summed E-state index contributed by atoms with van der Waals surface area (Å²) in [7, 11) is -0.111. The lowest BCUT2D eigenvalue weighted by Gasteiger charge is -2.40. The highest BCUT2D eigenvalue weighted by Crippen LogP contribution is 2.27. The Morgan fingerprint density at radius 1 is 1.31 bits per heavy atom. The van der Waals surface area contributed by atoms with Gasteiger partial charge in [-0.3, -0.25) is 0 Å². The molecule has 0 aromatic rings. The molecule has 0 spiro atoms. The van der Waals surface area contributed by atoms with Gasteiger partial charge in [-0.15, -0.1) is 12.3 Å². The van der Waals surface area contributed by atoms with Crippen molar-refractivity contribution in [2.75, 3.05) is 13.1 Å². The van der Waals surface area contributed by atoms with Gasteiger partial charge in [-0.25, -0.2) is 0 Å². The summed E-state index contributed by atoms with van der Waals surface area (Å²) in [6.07, 6.45) is 5.46. The second kappa shape index (κ2) is 4.96. The molecule has 1 fully saturated rings. The Hall–Kier alpha value is -0.0831. The van der Waals surface area contributed by atoms with Crippen molar-refractivity contribution < 1.29 is 0 Å². The van der Waals surface area contributed by atoms with E-state index in [0.29, 0.717) is 5.16 Å². The van der Waals surface area contributed by atoms with Crippen LogP contribution >= 0.6 is 0 Å². The van der Waals surface area contributed by atoms with Crippen LogP contribution in [0, 0.1) is 0 Å². The zero-order valence-electron chi connectivity index (χ0n) is 9.18. The predicted molar refractivity (Wildman–Crippen MR) is 62.9 cm³/mol. The second-order valence-electron chi connectivity index (χ2n) is 4.12. The van der Waals surface area contributed by atoms with E-state index in [1.165, 1.54) is 38.8 Å². The van der Waals surface area contributed by atoms with E-state index in [1.807, 2.05) is 0 Å². The van der Waals surface area contributed by atoms with Crippen molar-refractivity contribution in [2.45, 2.75) is 44.7 Å². The third-order valence-corrected chi connectivity index (χ3v) is 6.11. The average molecular weight is 197 g/mol. The van der Waals surface area contributed by atoms with Gasteiger partial charge in [0.15, 0.2) is 0 Å². The van der Waals surface area contributed by atoms with Gasteiger partial charge in [-0.05, 0) is 38.8 Å². The zero-order chi connectivity index (χ0) is 9.73. The van der Waals surface area contributed by atoms with Crippen molar-refractivity contribution >= 4 is 9.52 Å². The maximum absolute atomic E-state index is 3.95. The third-order valence-electron chi connectivity index (χ3n) is 3.62. The van der Waals surface area contributed by atoms with Crippen LogP contribution in [-0.2, 0) is 0 Å². The molecule has 0 atom stereocenters. The Labute approximate surface area is 85.0 Å². The van der Waals surface area contributed by atoms with Gasteiger partial charge in [0.25, 0.3) is 0 Å². The standard InChI is InChI=1S/C11H23NSi/c1-4-11(5-2,13-6-3)12-9-7-8-10-12/h6H,3-5,7-10,13H2,1-2H3. The first-order valence-corrected chi connectivity index (χ1v) is 7.17. The molecule has 0 bridgehead atoms. The van der Waals surface area contributed by atoms with E-state index < -0.39 is 0 Å². The lowest BCUT2D eigenvalue weighted by Crippen LogP contribution is -2.50. The van der Waals surface area contributed by atoms with Gasteiger partial charge >= 0.3 is 0 Å². The maximum atomic E-state index is 3.95. The molecule has 1 aliphatic rings. The first-order valence-electron chi connectivity index (χ1n) is 5.65. The van der Waals surface area contributed by atoms with Crippen LogP contribution in [0.3, 0.4) is 0 Å². The molecule has 1 saturated heterocycles. The van der Waals surface area contributed by atoms with Crippen LogP contribution in [0.15, 0.2) is 12.3 Å². The summed E-state index contributed by atoms with van der Waals surface area (Å²) in [5.41, 5.74) is 2.23. The number of rotatable bonds is 5. The first kappa shape index (κ1) is 11.0. The van der Waals surface area contributed by atoms with Gasteiger partial charge in [0, 0.05) is 5.16 Å². The van der Waals surface area contributed by atoms with Crippen molar-refractivity contribution in [1.82, 2.24) is 4.90 Å². The minimum absolute atomic E-state index is 0.111. The fraction of sp³-hybridized carbons (Fsp3) is 0.818. The van der Waals surface area contributed by atoms with Crippen LogP contribution < -0.4 is 0 Å². The summed E-state index contributed by atoms with van der Waals surface area (Å²) in [4.78, 5) is 2.74. The monoisotopic (exact) mass is 197 g/mol. The summed E-state index contributed by atoms with van der Waals surface area (Å²) in [5, 5.41) is 0.568. The Balaban J connectivity index is 2.67. The summed E-state index contributed by atoms with van der Waals surface area (Å²) >= 11 is 0. The molecule has 2 heteroatoms. The van der Waals surface area contributed by atoms with E-state index in [0.717, 1.165) is 0 Å². The molecule has 13 heavy (non-hydrogen) atoms. The summed E-state index contributed by atoms with van der Waals surface area (Å²) in [6, 6.07) is 0. The summed E-state index contributed by atoms with van der Waals surface area (Å²) in [6.45, 7) is 11.3. The average Bonchev–Trinajstić information content (AvgIpc) is 2.68. The lowest BCUT2D eigenvalue weighted by molar-refractivity contribution is 0.186. The van der Waals surface area contributed by atoms with Crippen LogP contribution in [-0.4, -0.2) is 32.7 Å². The van der Waals surface area contributed by atoms with Crippen LogP contribution in [0.1, 0.15) is 39.5 Å². The molecule has 0 amide bonds. The van der Waals surface area contributed by atoms with Crippen LogP contribution in [0.2, 0.25) is 0 Å². The minimum Gasteiger partial charge on any atom is -0.301 e. The number of nitrogens with zero attached hydrogens (tertiary/aromatic N) is 1. The Morgan fingerprint density at radius 3 is 2.23 bits per heavy atom.